The van der Waals surface area contributed by atoms with Crippen LogP contribution in [-0.4, -0.2) is 5.91 Å². The highest BCUT2D eigenvalue weighted by atomic mass is 35.5. The van der Waals surface area contributed by atoms with Gasteiger partial charge in [-0.05, 0) is 12.8 Å². The molecule has 1 amide bonds. The first-order valence-corrected chi connectivity index (χ1v) is 14.5. The van der Waals surface area contributed by atoms with E-state index >= 15 is 0 Å². The summed E-state index contributed by atoms with van der Waals surface area (Å²) in [7, 11) is 0. The standard InChI is InChI=1S/C28H56ClNO/c1-3-5-7-9-11-13-15-17-19-21-23-25-27(28(31)30-29)26-24-22-20-18-16-14-12-10-8-6-4-2/h27H,3-26H2,1-2H3,(H,30,31). The third kappa shape index (κ3) is 22.7. The molecule has 0 bridgehead atoms. The van der Waals surface area contributed by atoms with E-state index in [1.54, 1.807) is 0 Å². The maximum Gasteiger partial charge on any atom is 0.237 e. The van der Waals surface area contributed by atoms with Crippen molar-refractivity contribution < 1.29 is 4.79 Å². The van der Waals surface area contributed by atoms with Crippen molar-refractivity contribution in [2.45, 2.75) is 168 Å². The van der Waals surface area contributed by atoms with Crippen molar-refractivity contribution in [3.63, 3.8) is 0 Å². The minimum absolute atomic E-state index is 0.0424. The van der Waals surface area contributed by atoms with E-state index in [0.29, 0.717) is 0 Å². The van der Waals surface area contributed by atoms with Gasteiger partial charge >= 0.3 is 0 Å². The maximum atomic E-state index is 12.1. The second-order valence-corrected chi connectivity index (χ2v) is 9.99. The average Bonchev–Trinajstić information content (AvgIpc) is 2.79. The Morgan fingerprint density at radius 1 is 0.516 bits per heavy atom. The topological polar surface area (TPSA) is 29.1 Å². The molecule has 0 rings (SSSR count). The van der Waals surface area contributed by atoms with Gasteiger partial charge in [-0.15, -0.1) is 0 Å². The lowest BCUT2D eigenvalue weighted by Gasteiger charge is -2.14. The zero-order valence-corrected chi connectivity index (χ0v) is 22.1. The van der Waals surface area contributed by atoms with E-state index in [4.69, 9.17) is 11.8 Å². The smallest absolute Gasteiger partial charge is 0.237 e. The van der Waals surface area contributed by atoms with E-state index < -0.39 is 0 Å². The highest BCUT2D eigenvalue weighted by molar-refractivity contribution is 6.21. The van der Waals surface area contributed by atoms with Gasteiger partial charge < -0.3 is 0 Å². The lowest BCUT2D eigenvalue weighted by atomic mass is 9.93. The van der Waals surface area contributed by atoms with Crippen LogP contribution in [0.15, 0.2) is 0 Å². The van der Waals surface area contributed by atoms with Crippen LogP contribution in [0.3, 0.4) is 0 Å². The molecular weight excluding hydrogens is 402 g/mol. The van der Waals surface area contributed by atoms with Gasteiger partial charge in [-0.2, -0.15) is 0 Å². The van der Waals surface area contributed by atoms with Crippen molar-refractivity contribution in [1.82, 2.24) is 4.84 Å². The number of halogens is 1. The van der Waals surface area contributed by atoms with Crippen molar-refractivity contribution in [1.29, 1.82) is 0 Å². The number of hydrogen-bond acceptors (Lipinski definition) is 1. The summed E-state index contributed by atoms with van der Waals surface area (Å²) in [5, 5.41) is 0. The van der Waals surface area contributed by atoms with Crippen molar-refractivity contribution in [2.75, 3.05) is 0 Å². The van der Waals surface area contributed by atoms with Gasteiger partial charge in [0.1, 0.15) is 0 Å². The Labute approximate surface area is 201 Å². The summed E-state index contributed by atoms with van der Waals surface area (Å²) in [5.74, 6) is 0.162. The molecule has 0 saturated heterocycles. The molecule has 0 atom stereocenters. The fourth-order valence-corrected chi connectivity index (χ4v) is 4.75. The highest BCUT2D eigenvalue weighted by Gasteiger charge is 2.16. The van der Waals surface area contributed by atoms with E-state index in [9.17, 15) is 4.79 Å². The summed E-state index contributed by atoms with van der Waals surface area (Å²) in [6.45, 7) is 4.55. The normalized spacial score (nSPS) is 11.4. The van der Waals surface area contributed by atoms with Gasteiger partial charge in [-0.1, -0.05) is 155 Å². The SMILES string of the molecule is CCCCCCCCCCCCCC(CCCCCCCCCCCCC)C(=O)NCl. The zero-order chi connectivity index (χ0) is 22.8. The number of amides is 1. The van der Waals surface area contributed by atoms with Crippen LogP contribution in [0.2, 0.25) is 0 Å². The predicted molar refractivity (Wildman–Crippen MR) is 140 cm³/mol. The Morgan fingerprint density at radius 3 is 1.03 bits per heavy atom. The van der Waals surface area contributed by atoms with E-state index in [2.05, 4.69) is 18.7 Å². The van der Waals surface area contributed by atoms with Crippen LogP contribution < -0.4 is 4.84 Å². The van der Waals surface area contributed by atoms with Crippen molar-refractivity contribution >= 4 is 17.7 Å². The predicted octanol–water partition coefficient (Wildman–Crippen LogP) is 10.3. The molecule has 0 fully saturated rings. The summed E-state index contributed by atoms with van der Waals surface area (Å²) >= 11 is 5.63. The van der Waals surface area contributed by atoms with Crippen LogP contribution in [0.4, 0.5) is 0 Å². The number of nitrogens with one attached hydrogen (secondary N) is 1. The third-order valence-electron chi connectivity index (χ3n) is 6.78. The third-order valence-corrected chi connectivity index (χ3v) is 6.96. The fraction of sp³-hybridized carbons (Fsp3) is 0.964. The van der Waals surface area contributed by atoms with Crippen LogP contribution in [0.1, 0.15) is 168 Å². The van der Waals surface area contributed by atoms with Crippen LogP contribution >= 0.6 is 11.8 Å². The molecule has 0 aromatic rings. The Kier molecular flexibility index (Phi) is 25.8. The molecule has 0 saturated carbocycles. The molecule has 0 unspecified atom stereocenters. The molecule has 0 radical (unpaired) electrons. The van der Waals surface area contributed by atoms with Gasteiger partial charge in [0.25, 0.3) is 0 Å². The molecule has 0 aromatic carbocycles. The molecular formula is C28H56ClNO. The van der Waals surface area contributed by atoms with E-state index in [1.807, 2.05) is 0 Å². The van der Waals surface area contributed by atoms with Gasteiger partial charge in [-0.25, -0.2) is 0 Å². The molecule has 0 aliphatic heterocycles. The second kappa shape index (κ2) is 26.0. The lowest BCUT2D eigenvalue weighted by Crippen LogP contribution is -2.23. The average molecular weight is 458 g/mol. The van der Waals surface area contributed by atoms with Gasteiger partial charge in [0.05, 0.1) is 0 Å². The fourth-order valence-electron chi connectivity index (χ4n) is 4.59. The Bertz CT molecular complexity index is 335. The number of carbonyl (C=O) groups excluding carboxylic acids is 1. The molecule has 3 heteroatoms. The molecule has 1 N–H and O–H groups in total. The number of rotatable bonds is 25. The first kappa shape index (κ1) is 30.8. The van der Waals surface area contributed by atoms with Gasteiger partial charge in [0.2, 0.25) is 5.91 Å². The monoisotopic (exact) mass is 457 g/mol. The van der Waals surface area contributed by atoms with E-state index in [-0.39, 0.29) is 11.8 Å². The maximum absolute atomic E-state index is 12.1. The van der Waals surface area contributed by atoms with Crippen LogP contribution in [-0.2, 0) is 4.79 Å². The molecule has 2 nitrogen and oxygen atoms in total. The number of hydrogen-bond donors (Lipinski definition) is 1. The number of carbonyl (C=O) groups is 1. The first-order valence-electron chi connectivity index (χ1n) is 14.2. The summed E-state index contributed by atoms with van der Waals surface area (Å²) in [6, 6.07) is 0. The molecule has 0 aliphatic carbocycles. The van der Waals surface area contributed by atoms with E-state index in [1.165, 1.54) is 141 Å². The summed E-state index contributed by atoms with van der Waals surface area (Å²) in [4.78, 5) is 14.5. The Hall–Kier alpha value is -0.240. The van der Waals surface area contributed by atoms with Crippen LogP contribution in [0.25, 0.3) is 0 Å². The van der Waals surface area contributed by atoms with E-state index in [0.717, 1.165) is 12.8 Å². The van der Waals surface area contributed by atoms with Crippen LogP contribution in [0.5, 0.6) is 0 Å². The molecule has 31 heavy (non-hydrogen) atoms. The lowest BCUT2D eigenvalue weighted by molar-refractivity contribution is -0.123. The zero-order valence-electron chi connectivity index (χ0n) is 21.3. The first-order chi connectivity index (χ1) is 15.3. The van der Waals surface area contributed by atoms with Crippen molar-refractivity contribution in [3.05, 3.63) is 0 Å². The minimum Gasteiger partial charge on any atom is -0.273 e. The summed E-state index contributed by atoms with van der Waals surface area (Å²) < 4.78 is 0. The summed E-state index contributed by atoms with van der Waals surface area (Å²) in [5.41, 5.74) is 0. The molecule has 0 spiro atoms. The Morgan fingerprint density at radius 2 is 0.774 bits per heavy atom. The van der Waals surface area contributed by atoms with Gasteiger partial charge in [0, 0.05) is 17.7 Å². The van der Waals surface area contributed by atoms with Crippen molar-refractivity contribution in [2.24, 2.45) is 5.92 Å². The van der Waals surface area contributed by atoms with Gasteiger partial charge in [-0.3, -0.25) is 9.63 Å². The molecule has 186 valence electrons. The largest absolute Gasteiger partial charge is 0.273 e. The van der Waals surface area contributed by atoms with Gasteiger partial charge in [0.15, 0.2) is 0 Å². The molecule has 0 aromatic heterocycles. The number of unbranched alkanes of at least 4 members (excludes halogenated alkanes) is 20. The second-order valence-electron chi connectivity index (χ2n) is 9.80. The van der Waals surface area contributed by atoms with Crippen molar-refractivity contribution in [3.8, 4) is 0 Å². The highest BCUT2D eigenvalue weighted by Crippen LogP contribution is 2.20. The Balaban J connectivity index is 3.57. The molecule has 0 heterocycles. The quantitative estimate of drug-likeness (QED) is 0.107. The summed E-state index contributed by atoms with van der Waals surface area (Å²) in [6.07, 6.45) is 31.8. The molecule has 0 aliphatic rings. The van der Waals surface area contributed by atoms with Crippen LogP contribution in [0, 0.1) is 5.92 Å². The minimum atomic E-state index is 0.0424.